The number of amides is 3. The second kappa shape index (κ2) is 11.3. The molecule has 0 radical (unpaired) electrons. The third kappa shape index (κ3) is 6.15. The summed E-state index contributed by atoms with van der Waals surface area (Å²) in [5, 5.41) is 18.6. The first-order chi connectivity index (χ1) is 19.6. The van der Waals surface area contributed by atoms with Crippen molar-refractivity contribution in [1.82, 2.24) is 19.7 Å². The highest BCUT2D eigenvalue weighted by Crippen LogP contribution is 2.28. The average Bonchev–Trinajstić information content (AvgIpc) is 2.90. The second-order valence-electron chi connectivity index (χ2n) is 9.09. The lowest BCUT2D eigenvalue weighted by Crippen LogP contribution is -2.54. The summed E-state index contributed by atoms with van der Waals surface area (Å²) >= 11 is 5.93. The zero-order valence-electron chi connectivity index (χ0n) is 21.3. The lowest BCUT2D eigenvalue weighted by atomic mass is 10.2. The van der Waals surface area contributed by atoms with Gasteiger partial charge in [0.05, 0.1) is 19.2 Å². The molecule has 2 aromatic heterocycles. The Morgan fingerprint density at radius 1 is 1.05 bits per heavy atom. The van der Waals surface area contributed by atoms with Crippen LogP contribution in [0.5, 0.6) is 11.5 Å². The van der Waals surface area contributed by atoms with Crippen LogP contribution in [0, 0.1) is 18.6 Å². The Morgan fingerprint density at radius 2 is 1.83 bits per heavy atom. The van der Waals surface area contributed by atoms with E-state index in [2.05, 4.69) is 20.7 Å². The topological polar surface area (TPSA) is 139 Å². The Kier molecular flexibility index (Phi) is 7.64. The minimum atomic E-state index is -0.810. The SMILES string of the molecule is Cc1cc(=O)n(-c2cc(Cl)ccc2F)nc1C(=O)Nc1ccc(Oc2ccnc(NC(=O)N3CC(O)C3)c2)c(F)c1. The molecule has 0 aliphatic carbocycles. The van der Waals surface area contributed by atoms with Crippen LogP contribution in [0.25, 0.3) is 5.69 Å². The van der Waals surface area contributed by atoms with Crippen molar-refractivity contribution in [2.24, 2.45) is 0 Å². The third-order valence-electron chi connectivity index (χ3n) is 6.01. The number of hydrogen-bond acceptors (Lipinski definition) is 7. The Morgan fingerprint density at radius 3 is 2.56 bits per heavy atom. The van der Waals surface area contributed by atoms with Crippen LogP contribution in [0.3, 0.4) is 0 Å². The number of rotatable bonds is 6. The van der Waals surface area contributed by atoms with E-state index in [1.54, 1.807) is 0 Å². The lowest BCUT2D eigenvalue weighted by Gasteiger charge is -2.35. The Hall–Kier alpha value is -4.88. The van der Waals surface area contributed by atoms with Gasteiger partial charge in [0.2, 0.25) is 0 Å². The molecule has 0 spiro atoms. The van der Waals surface area contributed by atoms with Crippen molar-refractivity contribution >= 4 is 35.0 Å². The van der Waals surface area contributed by atoms with Crippen LogP contribution in [0.15, 0.2) is 65.6 Å². The normalized spacial score (nSPS) is 13.0. The standard InChI is InChI=1S/C27H21ClF2N6O5/c1-14-8-24(38)36(21-9-15(28)2-4-19(21)29)34-25(14)26(39)32-16-3-5-22(20(30)10-16)41-18-6-7-31-23(11-18)33-27(40)35-12-17(37)13-35/h2-11,17,37H,12-13H2,1H3,(H,32,39)(H,31,33,40). The minimum Gasteiger partial charge on any atom is -0.454 e. The van der Waals surface area contributed by atoms with Crippen LogP contribution in [-0.2, 0) is 0 Å². The highest BCUT2D eigenvalue weighted by atomic mass is 35.5. The van der Waals surface area contributed by atoms with Crippen molar-refractivity contribution in [3.63, 3.8) is 0 Å². The number of likely N-dealkylation sites (tertiary alicyclic amines) is 1. The van der Waals surface area contributed by atoms with Gasteiger partial charge in [0, 0.05) is 35.1 Å². The molecule has 1 saturated heterocycles. The molecule has 1 aliphatic rings. The molecule has 4 aromatic rings. The van der Waals surface area contributed by atoms with Gasteiger partial charge >= 0.3 is 6.03 Å². The van der Waals surface area contributed by atoms with Crippen LogP contribution in [0.2, 0.25) is 5.02 Å². The van der Waals surface area contributed by atoms with Crippen LogP contribution in [0.1, 0.15) is 16.1 Å². The van der Waals surface area contributed by atoms with E-state index in [0.717, 1.165) is 22.9 Å². The quantitative estimate of drug-likeness (QED) is 0.311. The fourth-order valence-electron chi connectivity index (χ4n) is 3.92. The molecule has 0 atom stereocenters. The van der Waals surface area contributed by atoms with Gasteiger partial charge in [-0.1, -0.05) is 11.6 Å². The summed E-state index contributed by atoms with van der Waals surface area (Å²) in [6.07, 6.45) is 0.819. The maximum absolute atomic E-state index is 14.9. The Balaban J connectivity index is 1.30. The lowest BCUT2D eigenvalue weighted by molar-refractivity contribution is 0.0308. The monoisotopic (exact) mass is 582 g/mol. The number of halogens is 3. The number of benzene rings is 2. The smallest absolute Gasteiger partial charge is 0.323 e. The molecule has 3 heterocycles. The number of anilines is 2. The van der Waals surface area contributed by atoms with Gasteiger partial charge in [-0.15, -0.1) is 0 Å². The van der Waals surface area contributed by atoms with E-state index in [0.29, 0.717) is 0 Å². The van der Waals surface area contributed by atoms with Crippen molar-refractivity contribution in [1.29, 1.82) is 0 Å². The van der Waals surface area contributed by atoms with E-state index >= 15 is 0 Å². The number of ether oxygens (including phenoxy) is 1. The average molecular weight is 583 g/mol. The van der Waals surface area contributed by atoms with Gasteiger partial charge in [-0.3, -0.25) is 14.9 Å². The van der Waals surface area contributed by atoms with Crippen molar-refractivity contribution < 1.29 is 28.2 Å². The maximum atomic E-state index is 14.9. The number of hydrogen-bond donors (Lipinski definition) is 3. The third-order valence-corrected chi connectivity index (χ3v) is 6.24. The molecule has 3 amide bonds. The molecule has 2 aromatic carbocycles. The summed E-state index contributed by atoms with van der Waals surface area (Å²) in [7, 11) is 0. The number of aryl methyl sites for hydroxylation is 1. The van der Waals surface area contributed by atoms with E-state index in [9.17, 15) is 28.3 Å². The molecule has 3 N–H and O–H groups in total. The van der Waals surface area contributed by atoms with Gasteiger partial charge in [0.25, 0.3) is 11.5 Å². The van der Waals surface area contributed by atoms with Gasteiger partial charge in [-0.25, -0.2) is 18.6 Å². The first kappa shape index (κ1) is 27.7. The van der Waals surface area contributed by atoms with Crippen LogP contribution < -0.4 is 20.9 Å². The van der Waals surface area contributed by atoms with Crippen molar-refractivity contribution in [2.45, 2.75) is 13.0 Å². The molecule has 41 heavy (non-hydrogen) atoms. The number of nitrogens with zero attached hydrogens (tertiary/aromatic N) is 4. The van der Waals surface area contributed by atoms with Gasteiger partial charge in [-0.05, 0) is 48.9 Å². The summed E-state index contributed by atoms with van der Waals surface area (Å²) in [6, 6.07) is 10.8. The fraction of sp³-hybridized carbons (Fsp3) is 0.148. The van der Waals surface area contributed by atoms with Gasteiger partial charge in [0.1, 0.15) is 23.1 Å². The number of nitrogens with one attached hydrogen (secondary N) is 2. The Bertz CT molecular complexity index is 1730. The number of urea groups is 1. The summed E-state index contributed by atoms with van der Waals surface area (Å²) in [6.45, 7) is 1.92. The summed E-state index contributed by atoms with van der Waals surface area (Å²) in [5.74, 6) is -2.16. The highest BCUT2D eigenvalue weighted by Gasteiger charge is 2.29. The van der Waals surface area contributed by atoms with E-state index < -0.39 is 35.2 Å². The molecule has 1 fully saturated rings. The van der Waals surface area contributed by atoms with Gasteiger partial charge < -0.3 is 20.1 Å². The summed E-state index contributed by atoms with van der Waals surface area (Å²) < 4.78 is 35.5. The first-order valence-corrected chi connectivity index (χ1v) is 12.5. The summed E-state index contributed by atoms with van der Waals surface area (Å²) in [5.41, 5.74) is -0.818. The number of aromatic nitrogens is 3. The second-order valence-corrected chi connectivity index (χ2v) is 9.53. The minimum absolute atomic E-state index is 0.0622. The maximum Gasteiger partial charge on any atom is 0.323 e. The molecular weight excluding hydrogens is 562 g/mol. The zero-order valence-corrected chi connectivity index (χ0v) is 22.0. The highest BCUT2D eigenvalue weighted by molar-refractivity contribution is 6.30. The van der Waals surface area contributed by atoms with E-state index in [1.807, 2.05) is 0 Å². The number of carbonyl (C=O) groups is 2. The van der Waals surface area contributed by atoms with E-state index in [1.165, 1.54) is 54.4 Å². The van der Waals surface area contributed by atoms with Gasteiger partial charge in [-0.2, -0.15) is 9.78 Å². The van der Waals surface area contributed by atoms with Crippen LogP contribution >= 0.6 is 11.6 Å². The van der Waals surface area contributed by atoms with E-state index in [4.69, 9.17) is 16.3 Å². The van der Waals surface area contributed by atoms with Gasteiger partial charge in [0.15, 0.2) is 17.3 Å². The van der Waals surface area contributed by atoms with Crippen molar-refractivity contribution in [3.8, 4) is 17.2 Å². The zero-order chi connectivity index (χ0) is 29.3. The molecule has 1 aliphatic heterocycles. The number of carbonyl (C=O) groups excluding carboxylic acids is 2. The molecule has 14 heteroatoms. The van der Waals surface area contributed by atoms with Crippen molar-refractivity contribution in [2.75, 3.05) is 23.7 Å². The number of aliphatic hydroxyl groups excluding tert-OH is 1. The van der Waals surface area contributed by atoms with Crippen LogP contribution in [0.4, 0.5) is 25.1 Å². The number of β-amino-alcohol motifs (C(OH)–C–C–N with tert-alkyl or cyclic N) is 1. The first-order valence-electron chi connectivity index (χ1n) is 12.1. The van der Waals surface area contributed by atoms with Crippen LogP contribution in [-0.4, -0.2) is 55.9 Å². The summed E-state index contributed by atoms with van der Waals surface area (Å²) in [4.78, 5) is 43.0. The van der Waals surface area contributed by atoms with Crippen molar-refractivity contribution in [3.05, 3.63) is 99.1 Å². The molecule has 11 nitrogen and oxygen atoms in total. The molecule has 0 unspecified atom stereocenters. The predicted octanol–water partition coefficient (Wildman–Crippen LogP) is 4.12. The number of pyridine rings is 1. The largest absolute Gasteiger partial charge is 0.454 e. The molecule has 0 saturated carbocycles. The molecule has 5 rings (SSSR count). The predicted molar refractivity (Wildman–Crippen MR) is 145 cm³/mol. The Labute approximate surface area is 236 Å². The fourth-order valence-corrected chi connectivity index (χ4v) is 4.09. The van der Waals surface area contributed by atoms with E-state index in [-0.39, 0.29) is 58.1 Å². The number of aliphatic hydroxyl groups is 1. The molecule has 0 bridgehead atoms. The molecule has 210 valence electrons. The molecular formula is C27H21ClF2N6O5.